The maximum atomic E-state index is 14.2. The lowest BCUT2D eigenvalue weighted by Crippen LogP contribution is -2.26. The third kappa shape index (κ3) is 5.26. The van der Waals surface area contributed by atoms with Gasteiger partial charge >= 0.3 is 5.97 Å². The summed E-state index contributed by atoms with van der Waals surface area (Å²) < 4.78 is 34.4. The van der Waals surface area contributed by atoms with Crippen molar-refractivity contribution in [2.45, 2.75) is 13.0 Å². The highest BCUT2D eigenvalue weighted by Crippen LogP contribution is 2.20. The molecule has 0 fully saturated rings. The molecule has 2 N–H and O–H groups in total. The lowest BCUT2D eigenvalue weighted by atomic mass is 10.1. The number of carbonyl (C=O) groups excluding carboxylic acids is 1. The van der Waals surface area contributed by atoms with Crippen molar-refractivity contribution >= 4 is 11.9 Å². The standard InChI is InChI=1S/C22H17F2N5O4/c23-15-9-13(19-12-29(28-27-19)11-16-3-4-20(33-16)22(31)32)8-14(10-15)21(30)26-7-5-18-17(24)2-1-6-25-18/h1-4,6,8-10,12H,5,7,11H2,(H,26,30)(H,31,32). The Hall–Kier alpha value is -4.41. The van der Waals surface area contributed by atoms with Crippen molar-refractivity contribution in [3.63, 3.8) is 0 Å². The molecule has 1 amide bonds. The summed E-state index contributed by atoms with van der Waals surface area (Å²) in [5.74, 6) is -2.66. The lowest BCUT2D eigenvalue weighted by molar-refractivity contribution is 0.0660. The first-order valence-electron chi connectivity index (χ1n) is 9.80. The number of carboxylic acid groups (broad SMARTS) is 1. The third-order valence-corrected chi connectivity index (χ3v) is 4.67. The highest BCUT2D eigenvalue weighted by molar-refractivity contribution is 5.95. The quantitative estimate of drug-likeness (QED) is 0.420. The van der Waals surface area contributed by atoms with E-state index in [1.54, 1.807) is 0 Å². The topological polar surface area (TPSA) is 123 Å². The van der Waals surface area contributed by atoms with E-state index in [9.17, 15) is 18.4 Å². The van der Waals surface area contributed by atoms with E-state index in [2.05, 4.69) is 20.6 Å². The van der Waals surface area contributed by atoms with E-state index in [-0.39, 0.29) is 36.5 Å². The molecule has 11 heteroatoms. The van der Waals surface area contributed by atoms with Crippen molar-refractivity contribution in [3.05, 3.63) is 89.3 Å². The van der Waals surface area contributed by atoms with Crippen LogP contribution in [0.4, 0.5) is 8.78 Å². The summed E-state index contributed by atoms with van der Waals surface area (Å²) in [7, 11) is 0. The van der Waals surface area contributed by atoms with Gasteiger partial charge in [-0.15, -0.1) is 5.10 Å². The van der Waals surface area contributed by atoms with Crippen LogP contribution in [0.2, 0.25) is 0 Å². The molecule has 0 bridgehead atoms. The van der Waals surface area contributed by atoms with Crippen LogP contribution in [0, 0.1) is 11.6 Å². The van der Waals surface area contributed by atoms with E-state index in [4.69, 9.17) is 9.52 Å². The fourth-order valence-corrected chi connectivity index (χ4v) is 3.11. The molecule has 4 rings (SSSR count). The number of benzene rings is 1. The minimum Gasteiger partial charge on any atom is -0.475 e. The summed E-state index contributed by atoms with van der Waals surface area (Å²) in [5, 5.41) is 19.5. The summed E-state index contributed by atoms with van der Waals surface area (Å²) in [4.78, 5) is 27.3. The van der Waals surface area contributed by atoms with E-state index >= 15 is 0 Å². The van der Waals surface area contributed by atoms with E-state index in [1.807, 2.05) is 0 Å². The van der Waals surface area contributed by atoms with Crippen molar-refractivity contribution < 1.29 is 27.9 Å². The van der Waals surface area contributed by atoms with E-state index in [0.29, 0.717) is 17.0 Å². The van der Waals surface area contributed by atoms with Gasteiger partial charge in [0.2, 0.25) is 5.76 Å². The molecule has 0 unspecified atom stereocenters. The first-order valence-corrected chi connectivity index (χ1v) is 9.80. The van der Waals surface area contributed by atoms with Gasteiger partial charge in [-0.1, -0.05) is 5.21 Å². The van der Waals surface area contributed by atoms with Crippen LogP contribution >= 0.6 is 0 Å². The molecule has 168 valence electrons. The van der Waals surface area contributed by atoms with Crippen molar-refractivity contribution in [2.75, 3.05) is 6.54 Å². The molecule has 0 saturated heterocycles. The molecule has 0 saturated carbocycles. The molecule has 3 aromatic heterocycles. The number of rotatable bonds is 8. The number of carbonyl (C=O) groups is 2. The highest BCUT2D eigenvalue weighted by Gasteiger charge is 2.14. The van der Waals surface area contributed by atoms with E-state index in [1.165, 1.54) is 53.5 Å². The molecule has 0 radical (unpaired) electrons. The van der Waals surface area contributed by atoms with Crippen LogP contribution < -0.4 is 5.32 Å². The summed E-state index contributed by atoms with van der Waals surface area (Å²) in [6, 6.07) is 9.35. The number of furan rings is 1. The number of amides is 1. The molecule has 0 aliphatic heterocycles. The maximum absolute atomic E-state index is 14.2. The predicted molar refractivity (Wildman–Crippen MR) is 110 cm³/mol. The number of halogens is 2. The average Bonchev–Trinajstić information content (AvgIpc) is 3.45. The Kier molecular flexibility index (Phi) is 6.20. The predicted octanol–water partition coefficient (Wildman–Crippen LogP) is 2.93. The normalized spacial score (nSPS) is 10.8. The van der Waals surface area contributed by atoms with Crippen LogP contribution in [-0.2, 0) is 13.0 Å². The van der Waals surface area contributed by atoms with Gasteiger partial charge in [-0.2, -0.15) is 0 Å². The molecule has 33 heavy (non-hydrogen) atoms. The molecule has 1 aromatic carbocycles. The minimum atomic E-state index is -1.18. The Bertz CT molecular complexity index is 1320. The average molecular weight is 453 g/mol. The zero-order valence-electron chi connectivity index (χ0n) is 17.0. The summed E-state index contributed by atoms with van der Waals surface area (Å²) in [5.41, 5.74) is 0.927. The molecule has 0 spiro atoms. The Labute approximate surface area is 185 Å². The second kappa shape index (κ2) is 9.39. The molecule has 0 aliphatic rings. The van der Waals surface area contributed by atoms with Gasteiger partial charge in [0.05, 0.1) is 11.9 Å². The van der Waals surface area contributed by atoms with Crippen LogP contribution in [0.3, 0.4) is 0 Å². The number of carboxylic acids is 1. The third-order valence-electron chi connectivity index (χ3n) is 4.67. The number of aromatic carboxylic acids is 1. The molecular formula is C22H17F2N5O4. The van der Waals surface area contributed by atoms with Gasteiger partial charge in [0.1, 0.15) is 29.6 Å². The molecular weight excluding hydrogens is 436 g/mol. The van der Waals surface area contributed by atoms with Crippen LogP contribution in [-0.4, -0.2) is 43.5 Å². The molecule has 3 heterocycles. The maximum Gasteiger partial charge on any atom is 0.371 e. The Morgan fingerprint density at radius 2 is 2.00 bits per heavy atom. The van der Waals surface area contributed by atoms with Gasteiger partial charge in [-0.05, 0) is 42.5 Å². The van der Waals surface area contributed by atoms with Crippen molar-refractivity contribution in [3.8, 4) is 11.3 Å². The zero-order valence-corrected chi connectivity index (χ0v) is 17.0. The smallest absolute Gasteiger partial charge is 0.371 e. The Morgan fingerprint density at radius 3 is 2.76 bits per heavy atom. The summed E-state index contributed by atoms with van der Waals surface area (Å²) in [6.45, 7) is 0.239. The molecule has 0 aliphatic carbocycles. The van der Waals surface area contributed by atoms with Gasteiger partial charge in [-0.25, -0.2) is 18.3 Å². The summed E-state index contributed by atoms with van der Waals surface area (Å²) >= 11 is 0. The highest BCUT2D eigenvalue weighted by atomic mass is 19.1. The van der Waals surface area contributed by atoms with Crippen molar-refractivity contribution in [2.24, 2.45) is 0 Å². The van der Waals surface area contributed by atoms with Gasteiger partial charge in [0, 0.05) is 30.3 Å². The molecule has 9 nitrogen and oxygen atoms in total. The Morgan fingerprint density at radius 1 is 1.15 bits per heavy atom. The minimum absolute atomic E-state index is 0.0678. The molecule has 4 aromatic rings. The van der Waals surface area contributed by atoms with Gasteiger partial charge in [0.25, 0.3) is 5.91 Å². The van der Waals surface area contributed by atoms with Crippen LogP contribution in [0.15, 0.2) is 59.3 Å². The second-order valence-corrected chi connectivity index (χ2v) is 7.04. The van der Waals surface area contributed by atoms with Crippen molar-refractivity contribution in [1.82, 2.24) is 25.3 Å². The number of aromatic nitrogens is 4. The number of nitrogens with zero attached hydrogens (tertiary/aromatic N) is 4. The van der Waals surface area contributed by atoms with Gasteiger partial charge in [-0.3, -0.25) is 9.78 Å². The van der Waals surface area contributed by atoms with E-state index < -0.39 is 23.5 Å². The SMILES string of the molecule is O=C(NCCc1ncccc1F)c1cc(F)cc(-c2cn(Cc3ccc(C(=O)O)o3)nn2)c1. The lowest BCUT2D eigenvalue weighted by Gasteiger charge is -2.07. The van der Waals surface area contributed by atoms with Crippen LogP contribution in [0.25, 0.3) is 11.3 Å². The van der Waals surface area contributed by atoms with E-state index in [0.717, 1.165) is 6.07 Å². The first kappa shape index (κ1) is 21.8. The van der Waals surface area contributed by atoms with Crippen molar-refractivity contribution in [1.29, 1.82) is 0 Å². The zero-order chi connectivity index (χ0) is 23.4. The summed E-state index contributed by atoms with van der Waals surface area (Å²) in [6.07, 6.45) is 3.16. The fraction of sp³-hybridized carbons (Fsp3) is 0.136. The van der Waals surface area contributed by atoms with Crippen LogP contribution in [0.1, 0.15) is 32.4 Å². The van der Waals surface area contributed by atoms with Gasteiger partial charge in [0.15, 0.2) is 0 Å². The Balaban J connectivity index is 1.44. The fourth-order valence-electron chi connectivity index (χ4n) is 3.11. The van der Waals surface area contributed by atoms with Crippen LogP contribution in [0.5, 0.6) is 0 Å². The number of hydrogen-bond acceptors (Lipinski definition) is 6. The number of pyridine rings is 1. The first-order chi connectivity index (χ1) is 15.9. The second-order valence-electron chi connectivity index (χ2n) is 7.04. The largest absolute Gasteiger partial charge is 0.475 e. The number of hydrogen-bond donors (Lipinski definition) is 2. The molecule has 0 atom stereocenters. The monoisotopic (exact) mass is 453 g/mol. The number of nitrogens with one attached hydrogen (secondary N) is 1. The van der Waals surface area contributed by atoms with Gasteiger partial charge < -0.3 is 14.8 Å².